The van der Waals surface area contributed by atoms with Crippen molar-refractivity contribution in [1.29, 1.82) is 0 Å². The summed E-state index contributed by atoms with van der Waals surface area (Å²) in [7, 11) is -3.38. The number of pyridine rings is 2. The van der Waals surface area contributed by atoms with Crippen LogP contribution in [0.2, 0.25) is 0 Å². The van der Waals surface area contributed by atoms with Crippen molar-refractivity contribution in [3.63, 3.8) is 0 Å². The lowest BCUT2D eigenvalue weighted by Crippen LogP contribution is -2.16. The lowest BCUT2D eigenvalue weighted by Gasteiger charge is -2.10. The van der Waals surface area contributed by atoms with E-state index >= 15 is 0 Å². The van der Waals surface area contributed by atoms with Crippen LogP contribution in [0.1, 0.15) is 0 Å². The number of sulfone groups is 1. The Bertz CT molecular complexity index is 1160. The van der Waals surface area contributed by atoms with Crippen molar-refractivity contribution in [2.75, 3.05) is 17.6 Å². The molecular weight excluding hydrogens is 398 g/mol. The molecule has 7 nitrogen and oxygen atoms in total. The van der Waals surface area contributed by atoms with Crippen molar-refractivity contribution < 1.29 is 8.42 Å². The number of aromatic nitrogens is 4. The molecule has 0 aliphatic heterocycles. The van der Waals surface area contributed by atoms with Crippen LogP contribution in [0.25, 0.3) is 22.8 Å². The maximum atomic E-state index is 12.5. The highest BCUT2D eigenvalue weighted by molar-refractivity contribution is 7.91. The summed E-state index contributed by atoms with van der Waals surface area (Å²) in [6, 6.07) is 19.4. The zero-order chi connectivity index (χ0) is 20.8. The van der Waals surface area contributed by atoms with Crippen LogP contribution in [0.15, 0.2) is 90.2 Å². The minimum atomic E-state index is -3.38. The SMILES string of the molecule is O=S(=O)(CCNc1cc(-c2cccnc2)nc(-c2ccccn2)n1)c1ccccc1. The van der Waals surface area contributed by atoms with Crippen LogP contribution in [-0.2, 0) is 9.84 Å². The Labute approximate surface area is 174 Å². The second-order valence-corrected chi connectivity index (χ2v) is 8.59. The Hall–Kier alpha value is -3.65. The lowest BCUT2D eigenvalue weighted by molar-refractivity contribution is 0.596. The van der Waals surface area contributed by atoms with Crippen LogP contribution < -0.4 is 5.32 Å². The van der Waals surface area contributed by atoms with Gasteiger partial charge in [-0.3, -0.25) is 9.97 Å². The van der Waals surface area contributed by atoms with Gasteiger partial charge in [0.05, 0.1) is 16.3 Å². The van der Waals surface area contributed by atoms with E-state index in [0.29, 0.717) is 27.9 Å². The van der Waals surface area contributed by atoms with E-state index < -0.39 is 9.84 Å². The molecule has 0 saturated heterocycles. The van der Waals surface area contributed by atoms with Crippen molar-refractivity contribution in [3.05, 3.63) is 85.3 Å². The molecule has 0 bridgehead atoms. The molecule has 0 atom stereocenters. The third-order valence-electron chi connectivity index (χ3n) is 4.36. The number of benzene rings is 1. The third kappa shape index (κ3) is 4.66. The number of hydrogen-bond acceptors (Lipinski definition) is 7. The van der Waals surface area contributed by atoms with Gasteiger partial charge in [-0.1, -0.05) is 24.3 Å². The number of anilines is 1. The number of nitrogens with zero attached hydrogens (tertiary/aromatic N) is 4. The molecule has 0 amide bonds. The summed E-state index contributed by atoms with van der Waals surface area (Å²) in [5.41, 5.74) is 2.13. The molecule has 1 aromatic carbocycles. The first-order chi connectivity index (χ1) is 14.6. The quantitative estimate of drug-likeness (QED) is 0.491. The zero-order valence-electron chi connectivity index (χ0n) is 16.0. The average Bonchev–Trinajstić information content (AvgIpc) is 2.80. The average molecular weight is 417 g/mol. The molecule has 30 heavy (non-hydrogen) atoms. The molecule has 0 fully saturated rings. The summed E-state index contributed by atoms with van der Waals surface area (Å²) in [4.78, 5) is 17.9. The number of hydrogen-bond donors (Lipinski definition) is 1. The van der Waals surface area contributed by atoms with Crippen LogP contribution in [0.3, 0.4) is 0 Å². The van der Waals surface area contributed by atoms with E-state index in [4.69, 9.17) is 0 Å². The number of nitrogens with one attached hydrogen (secondary N) is 1. The highest BCUT2D eigenvalue weighted by Gasteiger charge is 2.14. The van der Waals surface area contributed by atoms with Crippen LogP contribution in [0.4, 0.5) is 5.82 Å². The summed E-state index contributed by atoms with van der Waals surface area (Å²) in [5.74, 6) is 0.917. The largest absolute Gasteiger partial charge is 0.369 e. The third-order valence-corrected chi connectivity index (χ3v) is 6.09. The highest BCUT2D eigenvalue weighted by Crippen LogP contribution is 2.23. The predicted molar refractivity (Wildman–Crippen MR) is 115 cm³/mol. The second-order valence-electron chi connectivity index (χ2n) is 6.48. The Morgan fingerprint density at radius 1 is 0.833 bits per heavy atom. The fourth-order valence-corrected chi connectivity index (χ4v) is 4.05. The highest BCUT2D eigenvalue weighted by atomic mass is 32.2. The fourth-order valence-electron chi connectivity index (χ4n) is 2.87. The maximum absolute atomic E-state index is 12.5. The van der Waals surface area contributed by atoms with Crippen molar-refractivity contribution >= 4 is 15.7 Å². The monoisotopic (exact) mass is 417 g/mol. The van der Waals surface area contributed by atoms with E-state index in [1.807, 2.05) is 30.3 Å². The van der Waals surface area contributed by atoms with Gasteiger partial charge in [0.15, 0.2) is 15.7 Å². The normalized spacial score (nSPS) is 11.2. The smallest absolute Gasteiger partial charge is 0.180 e. The van der Waals surface area contributed by atoms with E-state index in [2.05, 4.69) is 25.3 Å². The minimum absolute atomic E-state index is 0.0534. The van der Waals surface area contributed by atoms with Crippen LogP contribution in [0.5, 0.6) is 0 Å². The molecule has 4 aromatic rings. The van der Waals surface area contributed by atoms with Crippen LogP contribution in [0, 0.1) is 0 Å². The first-order valence-electron chi connectivity index (χ1n) is 9.34. The molecule has 0 spiro atoms. The molecule has 3 heterocycles. The summed E-state index contributed by atoms with van der Waals surface area (Å²) < 4.78 is 25.0. The molecule has 150 valence electrons. The predicted octanol–water partition coefficient (Wildman–Crippen LogP) is 3.49. The van der Waals surface area contributed by atoms with E-state index in [-0.39, 0.29) is 12.3 Å². The molecule has 1 N–H and O–H groups in total. The van der Waals surface area contributed by atoms with Gasteiger partial charge in [-0.15, -0.1) is 0 Å². The summed E-state index contributed by atoms with van der Waals surface area (Å²) in [6.07, 6.45) is 5.08. The topological polar surface area (TPSA) is 97.7 Å². The molecule has 0 radical (unpaired) electrons. The van der Waals surface area contributed by atoms with E-state index in [0.717, 1.165) is 5.56 Å². The molecule has 0 aliphatic carbocycles. The van der Waals surface area contributed by atoms with Gasteiger partial charge in [0, 0.05) is 36.8 Å². The van der Waals surface area contributed by atoms with E-state index in [1.165, 1.54) is 0 Å². The molecule has 8 heteroatoms. The lowest BCUT2D eigenvalue weighted by atomic mass is 10.2. The van der Waals surface area contributed by atoms with Crippen molar-refractivity contribution in [2.45, 2.75) is 4.90 Å². The Morgan fingerprint density at radius 3 is 2.40 bits per heavy atom. The Balaban J connectivity index is 1.59. The van der Waals surface area contributed by atoms with Crippen molar-refractivity contribution in [3.8, 4) is 22.8 Å². The van der Waals surface area contributed by atoms with Gasteiger partial charge in [-0.25, -0.2) is 18.4 Å². The molecule has 0 unspecified atom stereocenters. The van der Waals surface area contributed by atoms with Crippen molar-refractivity contribution in [1.82, 2.24) is 19.9 Å². The summed E-state index contributed by atoms with van der Waals surface area (Å²) in [5, 5.41) is 3.11. The maximum Gasteiger partial charge on any atom is 0.180 e. The summed E-state index contributed by atoms with van der Waals surface area (Å²) in [6.45, 7) is 0.211. The molecule has 3 aromatic heterocycles. The van der Waals surface area contributed by atoms with Gasteiger partial charge < -0.3 is 5.32 Å². The fraction of sp³-hybridized carbons (Fsp3) is 0.0909. The van der Waals surface area contributed by atoms with Gasteiger partial charge in [0.25, 0.3) is 0 Å². The van der Waals surface area contributed by atoms with E-state index in [9.17, 15) is 8.42 Å². The first kappa shape index (κ1) is 19.7. The number of rotatable bonds is 7. The Kier molecular flexibility index (Phi) is 5.76. The minimum Gasteiger partial charge on any atom is -0.369 e. The van der Waals surface area contributed by atoms with Gasteiger partial charge >= 0.3 is 0 Å². The first-order valence-corrected chi connectivity index (χ1v) is 11.0. The van der Waals surface area contributed by atoms with Crippen molar-refractivity contribution in [2.24, 2.45) is 0 Å². The van der Waals surface area contributed by atoms with Gasteiger partial charge in [0.1, 0.15) is 11.5 Å². The molecular formula is C22H19N5O2S. The molecule has 4 rings (SSSR count). The van der Waals surface area contributed by atoms with Gasteiger partial charge in [-0.05, 0) is 36.4 Å². The molecule has 0 saturated carbocycles. The summed E-state index contributed by atoms with van der Waals surface area (Å²) >= 11 is 0. The Morgan fingerprint density at radius 2 is 1.67 bits per heavy atom. The van der Waals surface area contributed by atoms with Gasteiger partial charge in [-0.2, -0.15) is 0 Å². The zero-order valence-corrected chi connectivity index (χ0v) is 16.8. The second kappa shape index (κ2) is 8.79. The van der Waals surface area contributed by atoms with Gasteiger partial charge in [0.2, 0.25) is 0 Å². The van der Waals surface area contributed by atoms with E-state index in [1.54, 1.807) is 55.0 Å². The molecule has 0 aliphatic rings. The standard InChI is InChI=1S/C22H19N5O2S/c28-30(29,18-8-2-1-3-9-18)14-13-25-21-15-20(17-7-6-11-23-16-17)26-22(27-21)19-10-4-5-12-24-19/h1-12,15-16H,13-14H2,(H,25,26,27). The van der Waals surface area contributed by atoms with Crippen LogP contribution in [-0.4, -0.2) is 40.7 Å². The van der Waals surface area contributed by atoms with Crippen LogP contribution >= 0.6 is 0 Å².